The summed E-state index contributed by atoms with van der Waals surface area (Å²) in [4.78, 5) is 0.122. The fraction of sp³-hybridized carbons (Fsp3) is 0.700. The van der Waals surface area contributed by atoms with Crippen LogP contribution in [0.15, 0.2) is 9.42 Å². The quantitative estimate of drug-likeness (QED) is 0.830. The van der Waals surface area contributed by atoms with Gasteiger partial charge in [0, 0.05) is 11.9 Å². The van der Waals surface area contributed by atoms with Crippen LogP contribution in [0.5, 0.6) is 0 Å². The highest BCUT2D eigenvalue weighted by Crippen LogP contribution is 2.35. The molecule has 1 aliphatic rings. The van der Waals surface area contributed by atoms with E-state index in [0.717, 1.165) is 12.8 Å². The lowest BCUT2D eigenvalue weighted by Gasteiger charge is -2.09. The largest absolute Gasteiger partial charge is 0.360 e. The summed E-state index contributed by atoms with van der Waals surface area (Å²) in [6.07, 6.45) is 2.17. The first kappa shape index (κ1) is 12.9. The lowest BCUT2D eigenvalue weighted by atomic mass is 10.3. The summed E-state index contributed by atoms with van der Waals surface area (Å²) in [5.41, 5.74) is 0.368. The Balaban J connectivity index is 2.08. The summed E-state index contributed by atoms with van der Waals surface area (Å²) in [5.74, 6) is 0.747. The van der Waals surface area contributed by atoms with Crippen LogP contribution >= 0.6 is 11.6 Å². The van der Waals surface area contributed by atoms with Crippen molar-refractivity contribution in [2.45, 2.75) is 37.0 Å². The molecule has 2 rings (SSSR count). The number of hydrogen-bond acceptors (Lipinski definition) is 4. The van der Waals surface area contributed by atoms with Crippen LogP contribution in [-0.2, 0) is 10.0 Å². The van der Waals surface area contributed by atoms with Crippen molar-refractivity contribution in [1.29, 1.82) is 0 Å². The molecular weight excluding hydrogens is 264 g/mol. The van der Waals surface area contributed by atoms with Crippen LogP contribution in [0.2, 0.25) is 0 Å². The van der Waals surface area contributed by atoms with E-state index < -0.39 is 10.0 Å². The Kier molecular flexibility index (Phi) is 3.47. The highest BCUT2D eigenvalue weighted by atomic mass is 35.5. The molecule has 0 bridgehead atoms. The van der Waals surface area contributed by atoms with E-state index in [-0.39, 0.29) is 16.8 Å². The van der Waals surface area contributed by atoms with E-state index in [1.807, 2.05) is 0 Å². The van der Waals surface area contributed by atoms with Gasteiger partial charge in [-0.2, -0.15) is 0 Å². The summed E-state index contributed by atoms with van der Waals surface area (Å²) < 4.78 is 31.4. The molecule has 1 heterocycles. The predicted octanol–water partition coefficient (Wildman–Crippen LogP) is 1.59. The number of nitrogens with one attached hydrogen (secondary N) is 1. The zero-order valence-electron chi connectivity index (χ0n) is 9.73. The SMILES string of the molecule is Cc1noc(C)c1S(=O)(=O)NCC(Cl)C1CC1. The topological polar surface area (TPSA) is 72.2 Å². The van der Waals surface area contributed by atoms with Crippen LogP contribution in [0, 0.1) is 19.8 Å². The van der Waals surface area contributed by atoms with Crippen molar-refractivity contribution >= 4 is 21.6 Å². The van der Waals surface area contributed by atoms with Crippen LogP contribution in [0.1, 0.15) is 24.3 Å². The van der Waals surface area contributed by atoms with Gasteiger partial charge in [0.15, 0.2) is 5.76 Å². The Labute approximate surface area is 106 Å². The Morgan fingerprint density at radius 2 is 2.18 bits per heavy atom. The molecule has 0 aliphatic heterocycles. The zero-order valence-corrected chi connectivity index (χ0v) is 11.3. The fourth-order valence-corrected chi connectivity index (χ4v) is 3.55. The van der Waals surface area contributed by atoms with Gasteiger partial charge in [0.05, 0.1) is 0 Å². The minimum atomic E-state index is -3.57. The van der Waals surface area contributed by atoms with Crippen molar-refractivity contribution in [1.82, 2.24) is 9.88 Å². The van der Waals surface area contributed by atoms with Crippen molar-refractivity contribution < 1.29 is 12.9 Å². The summed E-state index contributed by atoms with van der Waals surface area (Å²) in [6, 6.07) is 0. The molecule has 1 unspecified atom stereocenters. The molecule has 0 saturated heterocycles. The van der Waals surface area contributed by atoms with Crippen LogP contribution in [0.4, 0.5) is 0 Å². The standard InChI is InChI=1S/C10H15ClN2O3S/c1-6-10(7(2)16-13-6)17(14,15)12-5-9(11)8-3-4-8/h8-9,12H,3-5H2,1-2H3. The highest BCUT2D eigenvalue weighted by molar-refractivity contribution is 7.89. The molecule has 96 valence electrons. The van der Waals surface area contributed by atoms with Gasteiger partial charge in [-0.25, -0.2) is 13.1 Å². The van der Waals surface area contributed by atoms with Gasteiger partial charge >= 0.3 is 0 Å². The maximum Gasteiger partial charge on any atom is 0.246 e. The Morgan fingerprint density at radius 1 is 1.53 bits per heavy atom. The summed E-state index contributed by atoms with van der Waals surface area (Å²) in [7, 11) is -3.57. The number of hydrogen-bond donors (Lipinski definition) is 1. The monoisotopic (exact) mass is 278 g/mol. The third-order valence-corrected chi connectivity index (χ3v) is 5.02. The highest BCUT2D eigenvalue weighted by Gasteiger charge is 2.31. The van der Waals surface area contributed by atoms with E-state index in [1.54, 1.807) is 13.8 Å². The number of aromatic nitrogens is 1. The maximum absolute atomic E-state index is 12.0. The van der Waals surface area contributed by atoms with Crippen molar-refractivity contribution in [3.63, 3.8) is 0 Å². The summed E-state index contributed by atoms with van der Waals surface area (Å²) >= 11 is 6.06. The molecule has 1 saturated carbocycles. The minimum absolute atomic E-state index is 0.122. The molecule has 7 heteroatoms. The number of sulfonamides is 1. The molecule has 1 aromatic rings. The lowest BCUT2D eigenvalue weighted by Crippen LogP contribution is -2.31. The summed E-state index contributed by atoms with van der Waals surface area (Å²) in [6.45, 7) is 3.43. The molecule has 0 amide bonds. The molecule has 1 N–H and O–H groups in total. The normalized spacial score (nSPS) is 18.3. The van der Waals surface area contributed by atoms with Crippen molar-refractivity contribution in [2.75, 3.05) is 6.54 Å². The average Bonchev–Trinajstić information content (AvgIpc) is 3.02. The average molecular weight is 279 g/mol. The third kappa shape index (κ3) is 2.81. The minimum Gasteiger partial charge on any atom is -0.360 e. The second-order valence-electron chi connectivity index (χ2n) is 4.36. The molecule has 1 aliphatic carbocycles. The second kappa shape index (κ2) is 4.59. The Bertz CT molecular complexity index is 488. The van der Waals surface area contributed by atoms with Gasteiger partial charge < -0.3 is 4.52 Å². The van der Waals surface area contributed by atoms with Crippen LogP contribution in [0.25, 0.3) is 0 Å². The molecule has 17 heavy (non-hydrogen) atoms. The lowest BCUT2D eigenvalue weighted by molar-refractivity contribution is 0.390. The first-order valence-electron chi connectivity index (χ1n) is 5.48. The van der Waals surface area contributed by atoms with E-state index >= 15 is 0 Å². The van der Waals surface area contributed by atoms with Crippen molar-refractivity contribution in [2.24, 2.45) is 5.92 Å². The van der Waals surface area contributed by atoms with Gasteiger partial charge in [-0.15, -0.1) is 11.6 Å². The van der Waals surface area contributed by atoms with Gasteiger partial charge in [0.1, 0.15) is 10.6 Å². The van der Waals surface area contributed by atoms with E-state index in [2.05, 4.69) is 9.88 Å². The molecule has 0 aromatic carbocycles. The van der Waals surface area contributed by atoms with Gasteiger partial charge in [0.25, 0.3) is 0 Å². The molecular formula is C10H15ClN2O3S. The van der Waals surface area contributed by atoms with Crippen molar-refractivity contribution in [3.8, 4) is 0 Å². The van der Waals surface area contributed by atoms with Crippen LogP contribution < -0.4 is 4.72 Å². The maximum atomic E-state index is 12.0. The van der Waals surface area contributed by atoms with E-state index in [4.69, 9.17) is 16.1 Å². The first-order valence-corrected chi connectivity index (χ1v) is 7.40. The number of halogens is 1. The predicted molar refractivity (Wildman–Crippen MR) is 63.5 cm³/mol. The van der Waals surface area contributed by atoms with Gasteiger partial charge in [-0.1, -0.05) is 5.16 Å². The van der Waals surface area contributed by atoms with E-state index in [9.17, 15) is 8.42 Å². The first-order chi connectivity index (χ1) is 7.92. The van der Waals surface area contributed by atoms with Gasteiger partial charge in [0.2, 0.25) is 10.0 Å². The molecule has 0 spiro atoms. The molecule has 0 radical (unpaired) electrons. The number of nitrogens with zero attached hydrogens (tertiary/aromatic N) is 1. The second-order valence-corrected chi connectivity index (χ2v) is 6.62. The molecule has 5 nitrogen and oxygen atoms in total. The smallest absolute Gasteiger partial charge is 0.246 e. The molecule has 1 atom stereocenters. The third-order valence-electron chi connectivity index (χ3n) is 2.84. The number of alkyl halides is 1. The van der Waals surface area contributed by atoms with Gasteiger partial charge in [-0.05, 0) is 32.6 Å². The van der Waals surface area contributed by atoms with Gasteiger partial charge in [-0.3, -0.25) is 0 Å². The van der Waals surface area contributed by atoms with E-state index in [0.29, 0.717) is 17.4 Å². The van der Waals surface area contributed by atoms with E-state index in [1.165, 1.54) is 0 Å². The summed E-state index contributed by atoms with van der Waals surface area (Å²) in [5, 5.41) is 3.50. The van der Waals surface area contributed by atoms with Crippen molar-refractivity contribution in [3.05, 3.63) is 11.5 Å². The van der Waals surface area contributed by atoms with Crippen LogP contribution in [0.3, 0.4) is 0 Å². The zero-order chi connectivity index (χ0) is 12.6. The Hall–Kier alpha value is -0.590. The Morgan fingerprint density at radius 3 is 2.65 bits per heavy atom. The van der Waals surface area contributed by atoms with Crippen LogP contribution in [-0.4, -0.2) is 25.5 Å². The molecule has 1 fully saturated rings. The molecule has 1 aromatic heterocycles. The fourth-order valence-electron chi connectivity index (χ4n) is 1.74. The number of rotatable bonds is 5. The number of aryl methyl sites for hydroxylation is 2.